The standard InChI is InChI=1S/C15H16ClN3O3/c1-15(2,3)12-11(8-18-21-12)14(20)22-19-13(17)9-5-4-6-10(16)7-9/h4-8H,1-3H3,(H2,17,19). The minimum atomic E-state index is -0.684. The second kappa shape index (κ2) is 6.19. The lowest BCUT2D eigenvalue weighted by Gasteiger charge is -2.14. The molecule has 0 atom stereocenters. The molecule has 0 aliphatic heterocycles. The molecule has 0 saturated heterocycles. The van der Waals surface area contributed by atoms with Crippen molar-refractivity contribution in [1.82, 2.24) is 5.16 Å². The Bertz CT molecular complexity index is 717. The van der Waals surface area contributed by atoms with Gasteiger partial charge in [0.2, 0.25) is 0 Å². The average Bonchev–Trinajstić information content (AvgIpc) is 2.94. The van der Waals surface area contributed by atoms with Crippen molar-refractivity contribution in [2.75, 3.05) is 0 Å². The van der Waals surface area contributed by atoms with Crippen molar-refractivity contribution in [3.05, 3.63) is 52.4 Å². The van der Waals surface area contributed by atoms with E-state index in [2.05, 4.69) is 10.3 Å². The number of amidine groups is 1. The van der Waals surface area contributed by atoms with Crippen molar-refractivity contribution in [3.63, 3.8) is 0 Å². The highest BCUT2D eigenvalue weighted by molar-refractivity contribution is 6.31. The zero-order chi connectivity index (χ0) is 16.3. The molecule has 1 aromatic carbocycles. The van der Waals surface area contributed by atoms with Crippen LogP contribution in [0.15, 0.2) is 40.1 Å². The molecule has 1 aromatic heterocycles. The fraction of sp³-hybridized carbons (Fsp3) is 0.267. The number of oxime groups is 1. The third-order valence-corrected chi connectivity index (χ3v) is 3.05. The highest BCUT2D eigenvalue weighted by Crippen LogP contribution is 2.26. The summed E-state index contributed by atoms with van der Waals surface area (Å²) in [6, 6.07) is 6.75. The summed E-state index contributed by atoms with van der Waals surface area (Å²) >= 11 is 5.86. The van der Waals surface area contributed by atoms with Gasteiger partial charge in [0, 0.05) is 16.0 Å². The highest BCUT2D eigenvalue weighted by atomic mass is 35.5. The number of carbonyl (C=O) groups excluding carboxylic acids is 1. The van der Waals surface area contributed by atoms with E-state index in [1.807, 2.05) is 20.8 Å². The Hall–Kier alpha value is -2.34. The molecule has 22 heavy (non-hydrogen) atoms. The van der Waals surface area contributed by atoms with E-state index in [9.17, 15) is 4.79 Å². The van der Waals surface area contributed by atoms with Crippen molar-refractivity contribution in [2.45, 2.75) is 26.2 Å². The predicted molar refractivity (Wildman–Crippen MR) is 82.8 cm³/mol. The van der Waals surface area contributed by atoms with E-state index in [0.717, 1.165) is 0 Å². The van der Waals surface area contributed by atoms with Gasteiger partial charge >= 0.3 is 5.97 Å². The van der Waals surface area contributed by atoms with Crippen molar-refractivity contribution in [2.24, 2.45) is 10.9 Å². The molecule has 0 radical (unpaired) electrons. The van der Waals surface area contributed by atoms with Crippen LogP contribution < -0.4 is 5.73 Å². The number of aromatic nitrogens is 1. The van der Waals surface area contributed by atoms with Crippen LogP contribution in [0.5, 0.6) is 0 Å². The van der Waals surface area contributed by atoms with Gasteiger partial charge in [-0.25, -0.2) is 4.79 Å². The van der Waals surface area contributed by atoms with Gasteiger partial charge in [-0.15, -0.1) is 0 Å². The fourth-order valence-electron chi connectivity index (χ4n) is 1.77. The monoisotopic (exact) mass is 321 g/mol. The summed E-state index contributed by atoms with van der Waals surface area (Å²) in [6.07, 6.45) is 1.30. The molecule has 0 aliphatic rings. The summed E-state index contributed by atoms with van der Waals surface area (Å²) in [7, 11) is 0. The van der Waals surface area contributed by atoms with Crippen molar-refractivity contribution in [1.29, 1.82) is 0 Å². The first-order chi connectivity index (χ1) is 10.3. The van der Waals surface area contributed by atoms with Gasteiger partial charge < -0.3 is 15.1 Å². The quantitative estimate of drug-likeness (QED) is 0.406. The molecule has 2 rings (SSSR count). The van der Waals surface area contributed by atoms with Gasteiger partial charge in [-0.05, 0) is 12.1 Å². The summed E-state index contributed by atoms with van der Waals surface area (Å²) in [5, 5.41) is 7.78. The maximum atomic E-state index is 12.1. The van der Waals surface area contributed by atoms with E-state index in [-0.39, 0.29) is 16.8 Å². The number of hydrogen-bond acceptors (Lipinski definition) is 5. The van der Waals surface area contributed by atoms with Crippen molar-refractivity contribution in [3.8, 4) is 0 Å². The van der Waals surface area contributed by atoms with Gasteiger partial charge in [0.05, 0.1) is 6.20 Å². The molecule has 0 unspecified atom stereocenters. The van der Waals surface area contributed by atoms with E-state index < -0.39 is 5.97 Å². The van der Waals surface area contributed by atoms with Gasteiger partial charge in [-0.1, -0.05) is 54.8 Å². The topological polar surface area (TPSA) is 90.7 Å². The van der Waals surface area contributed by atoms with Crippen molar-refractivity contribution >= 4 is 23.4 Å². The molecule has 7 heteroatoms. The van der Waals surface area contributed by atoms with Gasteiger partial charge in [0.1, 0.15) is 5.56 Å². The Morgan fingerprint density at radius 2 is 2.14 bits per heavy atom. The summed E-state index contributed by atoms with van der Waals surface area (Å²) in [4.78, 5) is 16.9. The average molecular weight is 322 g/mol. The van der Waals surface area contributed by atoms with Crippen LogP contribution in [-0.2, 0) is 10.3 Å². The molecular weight excluding hydrogens is 306 g/mol. The lowest BCUT2D eigenvalue weighted by atomic mass is 9.91. The molecule has 2 N–H and O–H groups in total. The van der Waals surface area contributed by atoms with Gasteiger partial charge in [0.25, 0.3) is 0 Å². The number of benzene rings is 1. The van der Waals surface area contributed by atoms with Crippen LogP contribution in [-0.4, -0.2) is 17.0 Å². The smallest absolute Gasteiger partial charge is 0.371 e. The predicted octanol–water partition coefficient (Wildman–Crippen LogP) is 3.10. The Morgan fingerprint density at radius 3 is 2.77 bits per heavy atom. The zero-order valence-electron chi connectivity index (χ0n) is 12.5. The van der Waals surface area contributed by atoms with E-state index in [0.29, 0.717) is 16.3 Å². The summed E-state index contributed by atoms with van der Waals surface area (Å²) < 4.78 is 5.11. The summed E-state index contributed by atoms with van der Waals surface area (Å²) in [5.74, 6) is -0.213. The molecule has 1 heterocycles. The lowest BCUT2D eigenvalue weighted by Crippen LogP contribution is -2.17. The second-order valence-electron chi connectivity index (χ2n) is 5.68. The third kappa shape index (κ3) is 3.65. The van der Waals surface area contributed by atoms with Gasteiger partial charge in [-0.3, -0.25) is 0 Å². The molecule has 2 aromatic rings. The molecule has 0 fully saturated rings. The second-order valence-corrected chi connectivity index (χ2v) is 6.12. The summed E-state index contributed by atoms with van der Waals surface area (Å²) in [6.45, 7) is 5.69. The van der Waals surface area contributed by atoms with E-state index in [1.54, 1.807) is 24.3 Å². The molecule has 0 saturated carbocycles. The Balaban J connectivity index is 2.16. The minimum absolute atomic E-state index is 0.0459. The minimum Gasteiger partial charge on any atom is -0.380 e. The number of carbonyl (C=O) groups is 1. The maximum Gasteiger partial charge on any atom is 0.371 e. The zero-order valence-corrected chi connectivity index (χ0v) is 13.2. The van der Waals surface area contributed by atoms with Crippen LogP contribution in [0, 0.1) is 0 Å². The van der Waals surface area contributed by atoms with Crippen LogP contribution in [0.4, 0.5) is 0 Å². The number of hydrogen-bond donors (Lipinski definition) is 1. The van der Waals surface area contributed by atoms with E-state index in [1.165, 1.54) is 6.20 Å². The van der Waals surface area contributed by atoms with Crippen LogP contribution in [0.2, 0.25) is 5.02 Å². The Labute approximate surface area is 132 Å². The molecular formula is C15H16ClN3O3. The first-order valence-corrected chi connectivity index (χ1v) is 6.92. The molecule has 6 nitrogen and oxygen atoms in total. The van der Waals surface area contributed by atoms with Crippen LogP contribution in [0.25, 0.3) is 0 Å². The SMILES string of the molecule is CC(C)(C)c1oncc1C(=O)O/N=C(\N)c1cccc(Cl)c1. The molecule has 116 valence electrons. The molecule has 0 bridgehead atoms. The highest BCUT2D eigenvalue weighted by Gasteiger charge is 2.28. The van der Waals surface area contributed by atoms with Gasteiger partial charge in [-0.2, -0.15) is 0 Å². The van der Waals surface area contributed by atoms with Crippen LogP contribution in [0.3, 0.4) is 0 Å². The normalized spacial score (nSPS) is 12.3. The third-order valence-electron chi connectivity index (χ3n) is 2.82. The van der Waals surface area contributed by atoms with E-state index in [4.69, 9.17) is 26.7 Å². The van der Waals surface area contributed by atoms with Crippen molar-refractivity contribution < 1.29 is 14.2 Å². The molecule has 0 amide bonds. The fourth-order valence-corrected chi connectivity index (χ4v) is 1.96. The first-order valence-electron chi connectivity index (χ1n) is 6.55. The molecule has 0 aliphatic carbocycles. The van der Waals surface area contributed by atoms with Crippen LogP contribution in [0.1, 0.15) is 42.5 Å². The summed E-state index contributed by atoms with van der Waals surface area (Å²) in [5.41, 5.74) is 6.16. The number of halogens is 1. The number of nitrogens with zero attached hydrogens (tertiary/aromatic N) is 2. The Morgan fingerprint density at radius 1 is 1.41 bits per heavy atom. The first kappa shape index (κ1) is 16.0. The largest absolute Gasteiger partial charge is 0.380 e. The number of rotatable bonds is 3. The van der Waals surface area contributed by atoms with Crippen LogP contribution >= 0.6 is 11.6 Å². The maximum absolute atomic E-state index is 12.1. The van der Waals surface area contributed by atoms with E-state index >= 15 is 0 Å². The Kier molecular flexibility index (Phi) is 4.51. The molecule has 0 spiro atoms. The van der Waals surface area contributed by atoms with Gasteiger partial charge in [0.15, 0.2) is 11.6 Å². The number of nitrogens with two attached hydrogens (primary N) is 1. The lowest BCUT2D eigenvalue weighted by molar-refractivity contribution is 0.0511.